The van der Waals surface area contributed by atoms with Crippen molar-refractivity contribution >= 4 is 62.9 Å². The number of amides is 2. The molecule has 1 aromatic heterocycles. The van der Waals surface area contributed by atoms with E-state index in [1.54, 1.807) is 24.3 Å². The van der Waals surface area contributed by atoms with Crippen molar-refractivity contribution in [3.05, 3.63) is 34.2 Å². The number of anilines is 1. The molecule has 1 aromatic carbocycles. The lowest BCUT2D eigenvalue weighted by Crippen LogP contribution is -2.19. The van der Waals surface area contributed by atoms with Gasteiger partial charge in [0.15, 0.2) is 21.8 Å². The van der Waals surface area contributed by atoms with Crippen LogP contribution in [0.4, 0.5) is 10.8 Å². The summed E-state index contributed by atoms with van der Waals surface area (Å²) in [4.78, 5) is 44.0. The van der Waals surface area contributed by atoms with E-state index in [1.807, 2.05) is 0 Å². The first-order chi connectivity index (χ1) is 14.5. The Kier molecular flexibility index (Phi) is 5.68. The maximum Gasteiger partial charge on any atom is 0.303 e. The van der Waals surface area contributed by atoms with Crippen molar-refractivity contribution in [2.75, 3.05) is 12.1 Å². The van der Waals surface area contributed by atoms with E-state index in [1.165, 1.54) is 29.3 Å². The molecule has 4 rings (SSSR count). The first-order valence-electron chi connectivity index (χ1n) is 8.63. The number of nitrogens with one attached hydrogen (secondary N) is 2. The van der Waals surface area contributed by atoms with Crippen molar-refractivity contribution in [2.45, 2.75) is 12.8 Å². The van der Waals surface area contributed by atoms with Crippen LogP contribution < -0.4 is 20.1 Å². The number of nitrogens with zero attached hydrogens (tertiary/aromatic N) is 2. The van der Waals surface area contributed by atoms with Crippen LogP contribution in [0.5, 0.6) is 11.5 Å². The third-order valence-corrected chi connectivity index (χ3v) is 5.62. The topological polar surface area (TPSA) is 139 Å². The number of carbonyl (C=O) groups excluding carboxylic acids is 2. The van der Waals surface area contributed by atoms with E-state index < -0.39 is 11.9 Å². The Morgan fingerprint density at radius 3 is 2.97 bits per heavy atom. The third kappa shape index (κ3) is 4.78. The Labute approximate surface area is 178 Å². The minimum Gasteiger partial charge on any atom is -0.481 e. The van der Waals surface area contributed by atoms with Crippen LogP contribution in [0, 0.1) is 0 Å². The quantitative estimate of drug-likeness (QED) is 0.576. The zero-order chi connectivity index (χ0) is 21.1. The Morgan fingerprint density at radius 2 is 2.13 bits per heavy atom. The summed E-state index contributed by atoms with van der Waals surface area (Å²) in [5.74, 6) is -0.516. The van der Waals surface area contributed by atoms with E-state index in [0.29, 0.717) is 37.3 Å². The van der Waals surface area contributed by atoms with E-state index >= 15 is 0 Å². The molecule has 154 valence electrons. The highest BCUT2D eigenvalue weighted by molar-refractivity contribution is 8.18. The second-order valence-electron chi connectivity index (χ2n) is 6.03. The molecule has 3 N–H and O–H groups in total. The van der Waals surface area contributed by atoms with Gasteiger partial charge >= 0.3 is 5.97 Å². The molecule has 10 nitrogen and oxygen atoms in total. The maximum absolute atomic E-state index is 12.2. The number of aliphatic carboxylic acids is 1. The lowest BCUT2D eigenvalue weighted by atomic mass is 10.3. The van der Waals surface area contributed by atoms with E-state index in [2.05, 4.69) is 20.6 Å². The monoisotopic (exact) mass is 446 g/mol. The lowest BCUT2D eigenvalue weighted by molar-refractivity contribution is -0.138. The SMILES string of the molecule is O=C(O)CCC(=O)Nc1ncc(/C=C2\SC(=Nc3ccc4c(c3)OCO4)NC2=O)s1. The van der Waals surface area contributed by atoms with Crippen molar-refractivity contribution in [3.63, 3.8) is 0 Å². The number of rotatable bonds is 6. The standard InChI is InChI=1S/C18H14N4O6S2/c23-14(3-4-15(24)25)21-17-19-7-10(29-17)6-13-16(26)22-18(30-13)20-9-1-2-11-12(5-9)28-8-27-11/h1-2,5-7H,3-4,8H2,(H,24,25)(H,19,21,23)(H,20,22,26)/b13-6-. The van der Waals surface area contributed by atoms with Crippen LogP contribution in [0.1, 0.15) is 17.7 Å². The molecule has 1 fully saturated rings. The Balaban J connectivity index is 1.41. The number of fused-ring (bicyclic) bond motifs is 1. The van der Waals surface area contributed by atoms with Gasteiger partial charge in [-0.25, -0.2) is 9.98 Å². The summed E-state index contributed by atoms with van der Waals surface area (Å²) < 4.78 is 10.6. The van der Waals surface area contributed by atoms with Gasteiger partial charge in [0.1, 0.15) is 0 Å². The van der Waals surface area contributed by atoms with E-state index in [0.717, 1.165) is 0 Å². The second-order valence-corrected chi connectivity index (χ2v) is 8.12. The van der Waals surface area contributed by atoms with Gasteiger partial charge in [-0.15, -0.1) is 0 Å². The number of aromatic nitrogens is 1. The number of amidine groups is 1. The van der Waals surface area contributed by atoms with Crippen LogP contribution in [0.15, 0.2) is 34.3 Å². The molecule has 0 spiro atoms. The predicted molar refractivity (Wildman–Crippen MR) is 111 cm³/mol. The molecule has 0 saturated carbocycles. The number of aliphatic imine (C=N–C) groups is 1. The summed E-state index contributed by atoms with van der Waals surface area (Å²) in [5, 5.41) is 14.6. The fourth-order valence-electron chi connectivity index (χ4n) is 2.50. The number of thioether (sulfide) groups is 1. The summed E-state index contributed by atoms with van der Waals surface area (Å²) in [5.41, 5.74) is 0.618. The van der Waals surface area contributed by atoms with Crippen molar-refractivity contribution in [1.29, 1.82) is 0 Å². The zero-order valence-electron chi connectivity index (χ0n) is 15.2. The first kappa shape index (κ1) is 19.9. The zero-order valence-corrected chi connectivity index (χ0v) is 16.8. The van der Waals surface area contributed by atoms with Gasteiger partial charge in [-0.1, -0.05) is 11.3 Å². The molecule has 12 heteroatoms. The van der Waals surface area contributed by atoms with Crippen molar-refractivity contribution in [2.24, 2.45) is 4.99 Å². The normalized spacial score (nSPS) is 17.4. The molecule has 1 saturated heterocycles. The Bertz CT molecular complexity index is 1090. The van der Waals surface area contributed by atoms with Crippen molar-refractivity contribution in [1.82, 2.24) is 10.3 Å². The molecule has 2 amide bonds. The van der Waals surface area contributed by atoms with Gasteiger partial charge in [-0.2, -0.15) is 0 Å². The fraction of sp³-hybridized carbons (Fsp3) is 0.167. The Morgan fingerprint density at radius 1 is 1.30 bits per heavy atom. The van der Waals surface area contributed by atoms with Gasteiger partial charge < -0.3 is 25.2 Å². The predicted octanol–water partition coefficient (Wildman–Crippen LogP) is 2.57. The van der Waals surface area contributed by atoms with Gasteiger partial charge in [0.05, 0.1) is 21.9 Å². The van der Waals surface area contributed by atoms with Crippen LogP contribution in [0.2, 0.25) is 0 Å². The second kappa shape index (κ2) is 8.55. The van der Waals surface area contributed by atoms with Crippen LogP contribution in [0.3, 0.4) is 0 Å². The number of benzene rings is 1. The fourth-order valence-corrected chi connectivity index (χ4v) is 4.18. The highest BCUT2D eigenvalue weighted by Crippen LogP contribution is 2.36. The maximum atomic E-state index is 12.2. The number of ether oxygens (including phenoxy) is 2. The molecular weight excluding hydrogens is 432 g/mol. The highest BCUT2D eigenvalue weighted by atomic mass is 32.2. The molecule has 2 aliphatic heterocycles. The minimum atomic E-state index is -1.04. The first-order valence-corrected chi connectivity index (χ1v) is 10.3. The average molecular weight is 446 g/mol. The molecule has 2 aromatic rings. The summed E-state index contributed by atoms with van der Waals surface area (Å²) >= 11 is 2.35. The van der Waals surface area contributed by atoms with E-state index in [4.69, 9.17) is 14.6 Å². The third-order valence-electron chi connectivity index (χ3n) is 3.85. The molecule has 0 radical (unpaired) electrons. The van der Waals surface area contributed by atoms with Crippen LogP contribution in [-0.2, 0) is 14.4 Å². The number of hydrogen-bond acceptors (Lipinski definition) is 9. The molecule has 0 bridgehead atoms. The lowest BCUT2D eigenvalue weighted by Gasteiger charge is -1.99. The average Bonchev–Trinajstić information content (AvgIpc) is 3.41. The summed E-state index contributed by atoms with van der Waals surface area (Å²) in [6, 6.07) is 5.24. The molecule has 3 heterocycles. The molecular formula is C18H14N4O6S2. The number of hydrogen-bond donors (Lipinski definition) is 3. The smallest absolute Gasteiger partial charge is 0.303 e. The number of carboxylic acids is 1. The summed E-state index contributed by atoms with van der Waals surface area (Å²) in [6.07, 6.45) is 2.78. The number of carbonyl (C=O) groups is 3. The largest absolute Gasteiger partial charge is 0.481 e. The molecule has 0 aliphatic carbocycles. The van der Waals surface area contributed by atoms with Crippen LogP contribution in [0.25, 0.3) is 6.08 Å². The number of carboxylic acid groups (broad SMARTS) is 1. The highest BCUT2D eigenvalue weighted by Gasteiger charge is 2.24. The summed E-state index contributed by atoms with van der Waals surface area (Å²) in [6.45, 7) is 0.171. The summed E-state index contributed by atoms with van der Waals surface area (Å²) in [7, 11) is 0. The number of thiazole rings is 1. The minimum absolute atomic E-state index is 0.136. The van der Waals surface area contributed by atoms with Crippen LogP contribution >= 0.6 is 23.1 Å². The molecule has 0 atom stereocenters. The van der Waals surface area contributed by atoms with Crippen molar-refractivity contribution in [3.8, 4) is 11.5 Å². The van der Waals surface area contributed by atoms with E-state index in [9.17, 15) is 14.4 Å². The van der Waals surface area contributed by atoms with Gasteiger partial charge in [0, 0.05) is 18.7 Å². The van der Waals surface area contributed by atoms with Crippen LogP contribution in [-0.4, -0.2) is 39.8 Å². The van der Waals surface area contributed by atoms with Crippen molar-refractivity contribution < 1.29 is 29.0 Å². The van der Waals surface area contributed by atoms with Gasteiger partial charge in [-0.3, -0.25) is 14.4 Å². The molecule has 30 heavy (non-hydrogen) atoms. The van der Waals surface area contributed by atoms with Gasteiger partial charge in [-0.05, 0) is 30.0 Å². The molecule has 2 aliphatic rings. The van der Waals surface area contributed by atoms with E-state index in [-0.39, 0.29) is 25.5 Å². The Hall–Kier alpha value is -3.38. The molecule has 0 unspecified atom stereocenters. The van der Waals surface area contributed by atoms with Gasteiger partial charge in [0.2, 0.25) is 12.7 Å². The van der Waals surface area contributed by atoms with Gasteiger partial charge in [0.25, 0.3) is 5.91 Å².